The van der Waals surface area contributed by atoms with Gasteiger partial charge >= 0.3 is 6.03 Å². The first-order chi connectivity index (χ1) is 14.0. The number of piperidine rings is 1. The van der Waals surface area contributed by atoms with Crippen molar-refractivity contribution in [1.29, 1.82) is 0 Å². The van der Waals surface area contributed by atoms with Gasteiger partial charge in [-0.25, -0.2) is 4.79 Å². The molecule has 7 heteroatoms. The van der Waals surface area contributed by atoms with Crippen molar-refractivity contribution in [3.63, 3.8) is 0 Å². The summed E-state index contributed by atoms with van der Waals surface area (Å²) < 4.78 is 1.98. The lowest BCUT2D eigenvalue weighted by atomic mass is 9.83. The highest BCUT2D eigenvalue weighted by molar-refractivity contribution is 7.09. The molecule has 1 saturated heterocycles. The van der Waals surface area contributed by atoms with Crippen LogP contribution in [-0.2, 0) is 19.6 Å². The minimum absolute atomic E-state index is 0.0316. The Bertz CT molecular complexity index is 908. The van der Waals surface area contributed by atoms with Gasteiger partial charge in [-0.05, 0) is 43.3 Å². The highest BCUT2D eigenvalue weighted by atomic mass is 32.1. The highest BCUT2D eigenvalue weighted by Crippen LogP contribution is 2.35. The number of hydrogen-bond acceptors (Lipinski definition) is 4. The molecule has 0 radical (unpaired) electrons. The summed E-state index contributed by atoms with van der Waals surface area (Å²) in [6, 6.07) is 8.33. The minimum Gasteiger partial charge on any atom is -0.338 e. The van der Waals surface area contributed by atoms with Crippen LogP contribution in [0.1, 0.15) is 41.8 Å². The van der Waals surface area contributed by atoms with E-state index >= 15 is 0 Å². The number of amides is 2. The molecular weight excluding hydrogens is 384 g/mol. The molecule has 6 nitrogen and oxygen atoms in total. The molecule has 2 aromatic rings. The molecule has 1 fully saturated rings. The number of fused-ring (bicyclic) bond motifs is 4. The van der Waals surface area contributed by atoms with Crippen molar-refractivity contribution in [1.82, 2.24) is 19.7 Å². The lowest BCUT2D eigenvalue weighted by molar-refractivity contribution is 0.131. The predicted molar refractivity (Wildman–Crippen MR) is 116 cm³/mol. The summed E-state index contributed by atoms with van der Waals surface area (Å²) in [4.78, 5) is 31.0. The van der Waals surface area contributed by atoms with Crippen molar-refractivity contribution in [3.05, 3.63) is 56.1 Å². The molecule has 156 valence electrons. The summed E-state index contributed by atoms with van der Waals surface area (Å²) in [6.45, 7) is 6.42. The van der Waals surface area contributed by atoms with Crippen LogP contribution in [0, 0.1) is 5.92 Å². The van der Waals surface area contributed by atoms with Gasteiger partial charge in [-0.2, -0.15) is 0 Å². The standard InChI is InChI=1S/C22H30N4O2S/c1-3-8-23-22(28)25-11-16-10-18(14-25)20-7-6-17(21(27)26(20)12-16)13-24(2)15-19-5-4-9-29-19/h4-7,9,16,18H,3,8,10-15H2,1-2H3,(H,23,28)/t16-,18+/m0/s1. The average molecular weight is 415 g/mol. The molecule has 0 spiro atoms. The van der Waals surface area contributed by atoms with Gasteiger partial charge in [0.25, 0.3) is 5.56 Å². The van der Waals surface area contributed by atoms with Gasteiger partial charge in [0.15, 0.2) is 0 Å². The zero-order valence-electron chi connectivity index (χ0n) is 17.3. The molecular formula is C22H30N4O2S. The SMILES string of the molecule is CCCNC(=O)N1C[C@@H]2C[C@H](C1)c1ccc(CN(C)Cc3cccs3)c(=O)n1C2. The normalized spacial score (nSPS) is 20.6. The van der Waals surface area contributed by atoms with E-state index in [0.29, 0.717) is 32.1 Å². The summed E-state index contributed by atoms with van der Waals surface area (Å²) in [7, 11) is 2.06. The third-order valence-electron chi connectivity index (χ3n) is 5.94. The zero-order chi connectivity index (χ0) is 20.4. The number of carbonyl (C=O) groups excluding carboxylic acids is 1. The van der Waals surface area contributed by atoms with Crippen LogP contribution in [0.2, 0.25) is 0 Å². The largest absolute Gasteiger partial charge is 0.338 e. The number of aromatic nitrogens is 1. The molecule has 29 heavy (non-hydrogen) atoms. The van der Waals surface area contributed by atoms with Crippen molar-refractivity contribution in [2.24, 2.45) is 5.92 Å². The monoisotopic (exact) mass is 414 g/mol. The predicted octanol–water partition coefficient (Wildman–Crippen LogP) is 3.08. The van der Waals surface area contributed by atoms with Gasteiger partial charge in [0.2, 0.25) is 0 Å². The Hall–Kier alpha value is -2.12. The number of rotatable bonds is 6. The number of urea groups is 1. The van der Waals surface area contributed by atoms with E-state index in [2.05, 4.69) is 47.8 Å². The van der Waals surface area contributed by atoms with Gasteiger partial charge in [-0.3, -0.25) is 9.69 Å². The van der Waals surface area contributed by atoms with E-state index in [1.165, 1.54) is 4.88 Å². The fourth-order valence-electron chi connectivity index (χ4n) is 4.64. The molecule has 0 unspecified atom stereocenters. The van der Waals surface area contributed by atoms with Gasteiger partial charge in [0, 0.05) is 61.3 Å². The molecule has 2 amide bonds. The zero-order valence-corrected chi connectivity index (χ0v) is 18.1. The Morgan fingerprint density at radius 2 is 2.10 bits per heavy atom. The first-order valence-corrected chi connectivity index (χ1v) is 11.4. The second-order valence-electron chi connectivity index (χ2n) is 8.39. The van der Waals surface area contributed by atoms with Crippen LogP contribution in [0.5, 0.6) is 0 Å². The third-order valence-corrected chi connectivity index (χ3v) is 6.80. The maximum Gasteiger partial charge on any atom is 0.317 e. The molecule has 0 saturated carbocycles. The molecule has 2 bridgehead atoms. The number of hydrogen-bond donors (Lipinski definition) is 1. The molecule has 0 aliphatic carbocycles. The van der Waals surface area contributed by atoms with Gasteiger partial charge in [-0.1, -0.05) is 19.1 Å². The molecule has 4 rings (SSSR count). The van der Waals surface area contributed by atoms with Crippen molar-refractivity contribution >= 4 is 17.4 Å². The first kappa shape index (κ1) is 20.2. The van der Waals surface area contributed by atoms with E-state index in [1.807, 2.05) is 15.5 Å². The third kappa shape index (κ3) is 4.41. The van der Waals surface area contributed by atoms with Gasteiger partial charge in [-0.15, -0.1) is 11.3 Å². The Labute approximate surface area is 176 Å². The van der Waals surface area contributed by atoms with Crippen LogP contribution in [0.25, 0.3) is 0 Å². The maximum atomic E-state index is 13.2. The number of nitrogens with one attached hydrogen (secondary N) is 1. The van der Waals surface area contributed by atoms with E-state index in [0.717, 1.165) is 37.2 Å². The van der Waals surface area contributed by atoms with E-state index < -0.39 is 0 Å². The Kier molecular flexibility index (Phi) is 6.06. The maximum absolute atomic E-state index is 13.2. The summed E-state index contributed by atoms with van der Waals surface area (Å²) in [5.41, 5.74) is 2.08. The molecule has 2 aromatic heterocycles. The Morgan fingerprint density at radius 3 is 2.86 bits per heavy atom. The van der Waals surface area contributed by atoms with Crippen LogP contribution < -0.4 is 10.9 Å². The average Bonchev–Trinajstić information content (AvgIpc) is 3.21. The molecule has 4 heterocycles. The molecule has 2 atom stereocenters. The molecule has 2 aliphatic rings. The van der Waals surface area contributed by atoms with E-state index in [-0.39, 0.29) is 17.5 Å². The van der Waals surface area contributed by atoms with Gasteiger partial charge in [0.05, 0.1) is 0 Å². The van der Waals surface area contributed by atoms with Crippen molar-refractivity contribution in [2.75, 3.05) is 26.7 Å². The minimum atomic E-state index is 0.0316. The van der Waals surface area contributed by atoms with Crippen LogP contribution in [0.3, 0.4) is 0 Å². The van der Waals surface area contributed by atoms with Gasteiger partial charge < -0.3 is 14.8 Å². The molecule has 2 aliphatic heterocycles. The van der Waals surface area contributed by atoms with Crippen LogP contribution in [0.15, 0.2) is 34.4 Å². The Morgan fingerprint density at radius 1 is 1.24 bits per heavy atom. The smallest absolute Gasteiger partial charge is 0.317 e. The summed E-state index contributed by atoms with van der Waals surface area (Å²) in [5, 5.41) is 5.07. The number of thiophene rings is 1. The lowest BCUT2D eigenvalue weighted by Gasteiger charge is -2.42. The van der Waals surface area contributed by atoms with Crippen LogP contribution in [0.4, 0.5) is 4.79 Å². The number of nitrogens with zero attached hydrogens (tertiary/aromatic N) is 3. The van der Waals surface area contributed by atoms with Crippen LogP contribution in [-0.4, -0.2) is 47.1 Å². The fraction of sp³-hybridized carbons (Fsp3) is 0.545. The first-order valence-electron chi connectivity index (χ1n) is 10.5. The second kappa shape index (κ2) is 8.71. The van der Waals surface area contributed by atoms with E-state index in [1.54, 1.807) is 11.3 Å². The quantitative estimate of drug-likeness (QED) is 0.790. The van der Waals surface area contributed by atoms with Crippen molar-refractivity contribution in [3.8, 4) is 0 Å². The van der Waals surface area contributed by atoms with E-state index in [4.69, 9.17) is 0 Å². The number of carbonyl (C=O) groups is 1. The van der Waals surface area contributed by atoms with E-state index in [9.17, 15) is 9.59 Å². The van der Waals surface area contributed by atoms with Crippen LogP contribution >= 0.6 is 11.3 Å². The number of likely N-dealkylation sites (tertiary alicyclic amines) is 1. The fourth-order valence-corrected chi connectivity index (χ4v) is 5.42. The Balaban J connectivity index is 1.48. The van der Waals surface area contributed by atoms with Crippen molar-refractivity contribution < 1.29 is 4.79 Å². The topological polar surface area (TPSA) is 57.6 Å². The summed E-state index contributed by atoms with van der Waals surface area (Å²) in [6.07, 6.45) is 2.00. The number of pyridine rings is 1. The van der Waals surface area contributed by atoms with Gasteiger partial charge in [0.1, 0.15) is 0 Å². The lowest BCUT2D eigenvalue weighted by Crippen LogP contribution is -2.52. The summed E-state index contributed by atoms with van der Waals surface area (Å²) >= 11 is 1.74. The summed E-state index contributed by atoms with van der Waals surface area (Å²) in [5.74, 6) is 0.603. The molecule has 0 aromatic carbocycles. The molecule has 1 N–H and O–H groups in total. The van der Waals surface area contributed by atoms with Crippen molar-refractivity contribution in [2.45, 2.75) is 45.3 Å². The second-order valence-corrected chi connectivity index (χ2v) is 9.42. The highest BCUT2D eigenvalue weighted by Gasteiger charge is 2.36.